The minimum absolute atomic E-state index is 0.0515. The van der Waals surface area contributed by atoms with Crippen LogP contribution < -0.4 is 5.32 Å². The van der Waals surface area contributed by atoms with E-state index in [1.165, 1.54) is 6.07 Å². The van der Waals surface area contributed by atoms with Crippen LogP contribution in [0.4, 0.5) is 4.39 Å². The number of halogens is 2. The van der Waals surface area contributed by atoms with Crippen LogP contribution in [0.25, 0.3) is 0 Å². The van der Waals surface area contributed by atoms with Crippen LogP contribution >= 0.6 is 11.6 Å². The van der Waals surface area contributed by atoms with E-state index in [2.05, 4.69) is 10.2 Å². The summed E-state index contributed by atoms with van der Waals surface area (Å²) in [5.41, 5.74) is 0.641. The lowest BCUT2D eigenvalue weighted by Gasteiger charge is -2.39. The van der Waals surface area contributed by atoms with Crippen LogP contribution in [0, 0.1) is 5.82 Å². The number of hydrogen-bond donors (Lipinski definition) is 1. The Labute approximate surface area is 112 Å². The fraction of sp³-hybridized carbons (Fsp3) is 0.538. The molecular weight excluding hydrogens is 255 g/mol. The van der Waals surface area contributed by atoms with Crippen molar-refractivity contribution in [2.45, 2.75) is 12.1 Å². The molecular formula is C13H18ClFN2O. The van der Waals surface area contributed by atoms with Gasteiger partial charge in [0.25, 0.3) is 0 Å². The molecule has 2 unspecified atom stereocenters. The molecule has 0 saturated carbocycles. The zero-order valence-electron chi connectivity index (χ0n) is 10.6. The minimum Gasteiger partial charge on any atom is -0.374 e. The number of nitrogens with zero attached hydrogens (tertiary/aromatic N) is 1. The highest BCUT2D eigenvalue weighted by Crippen LogP contribution is 2.31. The monoisotopic (exact) mass is 272 g/mol. The first-order valence-electron chi connectivity index (χ1n) is 6.05. The molecule has 1 aliphatic heterocycles. The van der Waals surface area contributed by atoms with Gasteiger partial charge in [0.15, 0.2) is 0 Å². The topological polar surface area (TPSA) is 24.5 Å². The molecule has 1 fully saturated rings. The summed E-state index contributed by atoms with van der Waals surface area (Å²) in [6, 6.07) is 4.74. The van der Waals surface area contributed by atoms with Crippen molar-refractivity contribution in [3.8, 4) is 0 Å². The third-order valence-corrected chi connectivity index (χ3v) is 3.52. The number of nitrogens with one attached hydrogen (secondary N) is 1. The lowest BCUT2D eigenvalue weighted by Crippen LogP contribution is -2.47. The first-order chi connectivity index (χ1) is 8.63. The zero-order valence-corrected chi connectivity index (χ0v) is 11.4. The smallest absolute Gasteiger partial charge is 0.129 e. The molecule has 0 bridgehead atoms. The number of likely N-dealkylation sites (N-methyl/N-ethyl adjacent to an activating group) is 2. The van der Waals surface area contributed by atoms with E-state index in [4.69, 9.17) is 16.3 Å². The van der Waals surface area contributed by atoms with E-state index in [-0.39, 0.29) is 18.0 Å². The number of morpholine rings is 1. The predicted octanol–water partition coefficient (Wildman–Crippen LogP) is 2.07. The van der Waals surface area contributed by atoms with Crippen LogP contribution in [0.2, 0.25) is 5.02 Å². The summed E-state index contributed by atoms with van der Waals surface area (Å²) in [5, 5.41) is 3.51. The van der Waals surface area contributed by atoms with E-state index in [0.29, 0.717) is 23.7 Å². The molecule has 1 heterocycles. The molecule has 100 valence electrons. The van der Waals surface area contributed by atoms with E-state index in [1.807, 2.05) is 14.1 Å². The number of hydrogen-bond acceptors (Lipinski definition) is 3. The molecule has 0 aliphatic carbocycles. The van der Waals surface area contributed by atoms with Crippen molar-refractivity contribution in [3.05, 3.63) is 34.6 Å². The Bertz CT molecular complexity index is 414. The van der Waals surface area contributed by atoms with Crippen molar-refractivity contribution in [1.29, 1.82) is 0 Å². The highest BCUT2D eigenvalue weighted by molar-refractivity contribution is 6.30. The van der Waals surface area contributed by atoms with Gasteiger partial charge in [-0.25, -0.2) is 4.39 Å². The van der Waals surface area contributed by atoms with Gasteiger partial charge in [-0.05, 0) is 26.2 Å². The maximum Gasteiger partial charge on any atom is 0.129 e. The van der Waals surface area contributed by atoms with Gasteiger partial charge in [0, 0.05) is 23.7 Å². The summed E-state index contributed by atoms with van der Waals surface area (Å²) in [6.45, 7) is 2.17. The van der Waals surface area contributed by atoms with E-state index in [0.717, 1.165) is 6.54 Å². The highest BCUT2D eigenvalue weighted by atomic mass is 35.5. The lowest BCUT2D eigenvalue weighted by molar-refractivity contribution is -0.0616. The molecule has 1 N–H and O–H groups in total. The summed E-state index contributed by atoms with van der Waals surface area (Å²) in [5.74, 6) is -0.272. The highest BCUT2D eigenvalue weighted by Gasteiger charge is 2.32. The predicted molar refractivity (Wildman–Crippen MR) is 70.4 cm³/mol. The Balaban J connectivity index is 2.31. The van der Waals surface area contributed by atoms with E-state index in [9.17, 15) is 4.39 Å². The summed E-state index contributed by atoms with van der Waals surface area (Å²) in [6.07, 6.45) is -0.0515. The van der Waals surface area contributed by atoms with Crippen molar-refractivity contribution < 1.29 is 9.13 Å². The van der Waals surface area contributed by atoms with Crippen LogP contribution in [0.5, 0.6) is 0 Å². The molecule has 1 aliphatic rings. The van der Waals surface area contributed by atoms with Gasteiger partial charge in [-0.2, -0.15) is 0 Å². The summed E-state index contributed by atoms with van der Waals surface area (Å²) < 4.78 is 19.8. The first kappa shape index (κ1) is 13.7. The van der Waals surface area contributed by atoms with Crippen molar-refractivity contribution in [3.63, 3.8) is 0 Å². The summed E-state index contributed by atoms with van der Waals surface area (Å²) >= 11 is 5.79. The maximum atomic E-state index is 14.0. The van der Waals surface area contributed by atoms with E-state index >= 15 is 0 Å². The standard InChI is InChI=1S/C13H18ClFN2O/c1-16-8-12-13(17(2)5-6-18-12)10-4-3-9(14)7-11(10)15/h3-4,7,12-13,16H,5-6,8H2,1-2H3. The molecule has 0 radical (unpaired) electrons. The van der Waals surface area contributed by atoms with Gasteiger partial charge >= 0.3 is 0 Å². The van der Waals surface area contributed by atoms with Gasteiger partial charge in [0.2, 0.25) is 0 Å². The Kier molecular flexibility index (Phi) is 4.56. The van der Waals surface area contributed by atoms with Gasteiger partial charge in [-0.1, -0.05) is 17.7 Å². The van der Waals surface area contributed by atoms with E-state index < -0.39 is 0 Å². The molecule has 18 heavy (non-hydrogen) atoms. The van der Waals surface area contributed by atoms with Crippen LogP contribution in [0.3, 0.4) is 0 Å². The second kappa shape index (κ2) is 5.97. The fourth-order valence-corrected chi connectivity index (χ4v) is 2.57. The molecule has 2 rings (SSSR count). The lowest BCUT2D eigenvalue weighted by atomic mass is 9.98. The first-order valence-corrected chi connectivity index (χ1v) is 6.42. The van der Waals surface area contributed by atoms with Gasteiger partial charge in [-0.3, -0.25) is 4.90 Å². The molecule has 2 atom stereocenters. The van der Waals surface area contributed by atoms with Gasteiger partial charge in [-0.15, -0.1) is 0 Å². The van der Waals surface area contributed by atoms with Gasteiger partial charge < -0.3 is 10.1 Å². The number of ether oxygens (including phenoxy) is 1. The second-order valence-electron chi connectivity index (χ2n) is 4.56. The Morgan fingerprint density at radius 1 is 1.56 bits per heavy atom. The van der Waals surface area contributed by atoms with Crippen LogP contribution in [0.15, 0.2) is 18.2 Å². The van der Waals surface area contributed by atoms with Crippen molar-refractivity contribution >= 4 is 11.6 Å². The molecule has 0 aromatic heterocycles. The van der Waals surface area contributed by atoms with Crippen LogP contribution in [-0.2, 0) is 4.74 Å². The molecule has 0 spiro atoms. The zero-order chi connectivity index (χ0) is 13.1. The minimum atomic E-state index is -0.272. The largest absolute Gasteiger partial charge is 0.374 e. The number of benzene rings is 1. The average Bonchev–Trinajstić information content (AvgIpc) is 2.31. The Morgan fingerprint density at radius 3 is 3.00 bits per heavy atom. The summed E-state index contributed by atoms with van der Waals surface area (Å²) in [4.78, 5) is 2.12. The maximum absolute atomic E-state index is 14.0. The van der Waals surface area contributed by atoms with Crippen molar-refractivity contribution in [2.24, 2.45) is 0 Å². The van der Waals surface area contributed by atoms with Crippen LogP contribution in [0.1, 0.15) is 11.6 Å². The molecule has 1 saturated heterocycles. The molecule has 3 nitrogen and oxygen atoms in total. The second-order valence-corrected chi connectivity index (χ2v) is 4.99. The summed E-state index contributed by atoms with van der Waals surface area (Å²) in [7, 11) is 3.86. The van der Waals surface area contributed by atoms with Gasteiger partial charge in [0.1, 0.15) is 5.82 Å². The third kappa shape index (κ3) is 2.83. The molecule has 5 heteroatoms. The quantitative estimate of drug-likeness (QED) is 0.912. The van der Waals surface area contributed by atoms with Crippen molar-refractivity contribution in [2.75, 3.05) is 33.8 Å². The average molecular weight is 273 g/mol. The molecule has 0 amide bonds. The third-order valence-electron chi connectivity index (χ3n) is 3.29. The molecule has 1 aromatic rings. The SMILES string of the molecule is CNCC1OCCN(C)C1c1ccc(Cl)cc1F. The number of rotatable bonds is 3. The Morgan fingerprint density at radius 2 is 2.33 bits per heavy atom. The van der Waals surface area contributed by atoms with E-state index in [1.54, 1.807) is 12.1 Å². The molecule has 1 aromatic carbocycles. The van der Waals surface area contributed by atoms with Crippen molar-refractivity contribution in [1.82, 2.24) is 10.2 Å². The van der Waals surface area contributed by atoms with Gasteiger partial charge in [0.05, 0.1) is 18.8 Å². The normalized spacial score (nSPS) is 25.3. The van der Waals surface area contributed by atoms with Crippen LogP contribution in [-0.4, -0.2) is 44.8 Å². The fourth-order valence-electron chi connectivity index (χ4n) is 2.41. The Hall–Kier alpha value is -0.680.